The van der Waals surface area contributed by atoms with Crippen molar-refractivity contribution in [2.24, 2.45) is 5.73 Å². The summed E-state index contributed by atoms with van der Waals surface area (Å²) in [6.45, 7) is 0. The van der Waals surface area contributed by atoms with Gasteiger partial charge in [-0.25, -0.2) is 4.98 Å². The maximum Gasteiger partial charge on any atom is 0.241 e. The minimum absolute atomic E-state index is 0.222. The Labute approximate surface area is 177 Å². The topological polar surface area (TPSA) is 132 Å². The molecule has 1 amide bonds. The van der Waals surface area contributed by atoms with Gasteiger partial charge in [0.1, 0.15) is 23.4 Å². The molecule has 1 aliphatic heterocycles. The van der Waals surface area contributed by atoms with Crippen LogP contribution >= 0.6 is 11.8 Å². The second-order valence-corrected chi connectivity index (χ2v) is 7.85. The van der Waals surface area contributed by atoms with Gasteiger partial charge >= 0.3 is 0 Å². The number of fused-ring (bicyclic) bond motifs is 1. The Kier molecular flexibility index (Phi) is 5.57. The van der Waals surface area contributed by atoms with Gasteiger partial charge in [-0.05, 0) is 42.3 Å². The second-order valence-electron chi connectivity index (χ2n) is 6.85. The Balaban J connectivity index is 1.55. The third kappa shape index (κ3) is 3.81. The fourth-order valence-electron chi connectivity index (χ4n) is 3.36. The van der Waals surface area contributed by atoms with E-state index in [0.29, 0.717) is 29.4 Å². The number of H-pyrrole nitrogens is 1. The van der Waals surface area contributed by atoms with E-state index in [-0.39, 0.29) is 11.8 Å². The summed E-state index contributed by atoms with van der Waals surface area (Å²) >= 11 is 1.55. The zero-order valence-electron chi connectivity index (χ0n) is 15.9. The van der Waals surface area contributed by atoms with Crippen LogP contribution in [0.15, 0.2) is 42.7 Å². The second kappa shape index (κ2) is 8.46. The fourth-order valence-corrected chi connectivity index (χ4v) is 4.45. The average Bonchev–Trinajstić information content (AvgIpc) is 3.40. The number of nitriles is 2. The first-order chi connectivity index (χ1) is 14.6. The molecule has 8 nitrogen and oxygen atoms in total. The van der Waals surface area contributed by atoms with E-state index in [9.17, 15) is 15.3 Å². The van der Waals surface area contributed by atoms with Gasteiger partial charge in [-0.1, -0.05) is 0 Å². The summed E-state index contributed by atoms with van der Waals surface area (Å²) in [5.41, 5.74) is 8.29. The summed E-state index contributed by atoms with van der Waals surface area (Å²) in [4.78, 5) is 21.6. The molecule has 2 atom stereocenters. The Morgan fingerprint density at radius 3 is 3.10 bits per heavy atom. The lowest BCUT2D eigenvalue weighted by Gasteiger charge is -2.22. The maximum absolute atomic E-state index is 12.7. The number of pyridine rings is 1. The molecule has 1 saturated heterocycles. The SMILES string of the molecule is N#Cc1cccnc1Oc1ccc2[nH]cc(CC(N)C(=O)N3CSCC3C#N)c2c1. The number of rotatable bonds is 5. The van der Waals surface area contributed by atoms with Gasteiger partial charge in [0.05, 0.1) is 18.0 Å². The van der Waals surface area contributed by atoms with Crippen LogP contribution in [0.1, 0.15) is 11.1 Å². The van der Waals surface area contributed by atoms with E-state index < -0.39 is 12.1 Å². The molecular formula is C21H18N6O2S. The summed E-state index contributed by atoms with van der Waals surface area (Å²) in [6.07, 6.45) is 3.71. The van der Waals surface area contributed by atoms with Crippen molar-refractivity contribution in [3.8, 4) is 23.8 Å². The third-order valence-corrected chi connectivity index (χ3v) is 5.93. The lowest BCUT2D eigenvalue weighted by atomic mass is 10.0. The molecule has 3 heterocycles. The Bertz CT molecular complexity index is 1180. The van der Waals surface area contributed by atoms with Gasteiger partial charge in [0, 0.05) is 29.0 Å². The van der Waals surface area contributed by atoms with E-state index in [1.54, 1.807) is 41.1 Å². The highest BCUT2D eigenvalue weighted by atomic mass is 32.2. The lowest BCUT2D eigenvalue weighted by Crippen LogP contribution is -2.47. The van der Waals surface area contributed by atoms with Crippen molar-refractivity contribution in [2.75, 3.05) is 11.6 Å². The third-order valence-electron chi connectivity index (χ3n) is 4.92. The Hall–Kier alpha value is -3.53. The van der Waals surface area contributed by atoms with Crippen molar-refractivity contribution in [3.05, 3.63) is 53.9 Å². The zero-order chi connectivity index (χ0) is 21.1. The number of aromatic nitrogens is 2. The molecule has 2 aromatic heterocycles. The predicted octanol–water partition coefficient (Wildman–Crippen LogP) is 2.52. The van der Waals surface area contributed by atoms with Crippen molar-refractivity contribution in [1.82, 2.24) is 14.9 Å². The molecule has 1 fully saturated rings. The average molecular weight is 418 g/mol. The first kappa shape index (κ1) is 19.8. The highest BCUT2D eigenvalue weighted by Crippen LogP contribution is 2.29. The van der Waals surface area contributed by atoms with Gasteiger partial charge in [0.2, 0.25) is 11.8 Å². The number of nitrogens with two attached hydrogens (primary N) is 1. The molecule has 0 spiro atoms. The Morgan fingerprint density at radius 2 is 2.30 bits per heavy atom. The monoisotopic (exact) mass is 418 g/mol. The standard InChI is InChI=1S/C21H18N6O2S/c22-8-13-2-1-5-25-20(13)29-16-3-4-19-17(7-16)14(10-26-19)6-18(24)21(28)27-12-30-11-15(27)9-23/h1-5,7,10,15,18,26H,6,11-12,24H2. The number of hydrogen-bond acceptors (Lipinski definition) is 7. The van der Waals surface area contributed by atoms with Gasteiger partial charge in [0.15, 0.2) is 0 Å². The molecule has 150 valence electrons. The lowest BCUT2D eigenvalue weighted by molar-refractivity contribution is -0.132. The molecule has 2 unspecified atom stereocenters. The van der Waals surface area contributed by atoms with Gasteiger partial charge in [-0.15, -0.1) is 11.8 Å². The number of hydrogen-bond donors (Lipinski definition) is 2. The molecule has 3 N–H and O–H groups in total. The van der Waals surface area contributed by atoms with Crippen molar-refractivity contribution < 1.29 is 9.53 Å². The summed E-state index contributed by atoms with van der Waals surface area (Å²) in [5.74, 6) is 1.64. The molecule has 0 bridgehead atoms. The molecule has 3 aromatic rings. The van der Waals surface area contributed by atoms with Crippen LogP contribution in [-0.4, -0.2) is 44.5 Å². The first-order valence-electron chi connectivity index (χ1n) is 9.27. The molecular weight excluding hydrogens is 400 g/mol. The van der Waals surface area contributed by atoms with Crippen molar-refractivity contribution >= 4 is 28.6 Å². The number of carbonyl (C=O) groups is 1. The summed E-state index contributed by atoms with van der Waals surface area (Å²) in [5, 5.41) is 19.3. The number of nitrogens with zero attached hydrogens (tertiary/aromatic N) is 4. The molecule has 0 aliphatic carbocycles. The van der Waals surface area contributed by atoms with Crippen LogP contribution in [0.4, 0.5) is 0 Å². The molecule has 4 rings (SSSR count). The van der Waals surface area contributed by atoms with E-state index in [1.807, 2.05) is 18.3 Å². The molecule has 30 heavy (non-hydrogen) atoms. The number of benzene rings is 1. The molecule has 0 saturated carbocycles. The van der Waals surface area contributed by atoms with Crippen molar-refractivity contribution in [2.45, 2.75) is 18.5 Å². The minimum atomic E-state index is -0.746. The first-order valence-corrected chi connectivity index (χ1v) is 10.4. The number of aromatic amines is 1. The van der Waals surface area contributed by atoms with Crippen LogP contribution < -0.4 is 10.5 Å². The number of ether oxygens (including phenoxy) is 1. The van der Waals surface area contributed by atoms with E-state index in [0.717, 1.165) is 16.5 Å². The zero-order valence-corrected chi connectivity index (χ0v) is 16.7. The highest BCUT2D eigenvalue weighted by molar-refractivity contribution is 7.99. The van der Waals surface area contributed by atoms with Gasteiger partial charge in [-0.3, -0.25) is 4.79 Å². The van der Waals surface area contributed by atoms with Crippen LogP contribution in [0.2, 0.25) is 0 Å². The number of carbonyl (C=O) groups excluding carboxylic acids is 1. The summed E-state index contributed by atoms with van der Waals surface area (Å²) in [6, 6.07) is 11.8. The maximum atomic E-state index is 12.7. The van der Waals surface area contributed by atoms with Crippen LogP contribution in [0.5, 0.6) is 11.6 Å². The molecule has 1 aliphatic rings. The number of nitrogens with one attached hydrogen (secondary N) is 1. The predicted molar refractivity (Wildman–Crippen MR) is 113 cm³/mol. The smallest absolute Gasteiger partial charge is 0.241 e. The van der Waals surface area contributed by atoms with E-state index in [2.05, 4.69) is 22.1 Å². The summed E-state index contributed by atoms with van der Waals surface area (Å²) in [7, 11) is 0. The fraction of sp³-hybridized carbons (Fsp3) is 0.238. The van der Waals surface area contributed by atoms with E-state index >= 15 is 0 Å². The van der Waals surface area contributed by atoms with Gasteiger partial charge in [-0.2, -0.15) is 10.5 Å². The summed E-state index contributed by atoms with van der Waals surface area (Å²) < 4.78 is 5.80. The number of thioether (sulfide) groups is 1. The van der Waals surface area contributed by atoms with Crippen LogP contribution in [0.25, 0.3) is 10.9 Å². The van der Waals surface area contributed by atoms with Gasteiger partial charge < -0.3 is 20.4 Å². The Morgan fingerprint density at radius 1 is 1.43 bits per heavy atom. The van der Waals surface area contributed by atoms with Crippen LogP contribution in [-0.2, 0) is 11.2 Å². The normalized spacial score (nSPS) is 16.8. The van der Waals surface area contributed by atoms with Crippen molar-refractivity contribution in [1.29, 1.82) is 10.5 Å². The highest BCUT2D eigenvalue weighted by Gasteiger charge is 2.32. The van der Waals surface area contributed by atoms with Gasteiger partial charge in [0.25, 0.3) is 0 Å². The van der Waals surface area contributed by atoms with E-state index in [1.165, 1.54) is 0 Å². The molecule has 9 heteroatoms. The molecule has 0 radical (unpaired) electrons. The van der Waals surface area contributed by atoms with Crippen LogP contribution in [0, 0.1) is 22.7 Å². The number of amides is 1. The van der Waals surface area contributed by atoms with E-state index in [4.69, 9.17) is 10.5 Å². The van der Waals surface area contributed by atoms with Crippen LogP contribution in [0.3, 0.4) is 0 Å². The quantitative estimate of drug-likeness (QED) is 0.650. The molecule has 1 aromatic carbocycles. The minimum Gasteiger partial charge on any atom is -0.438 e. The largest absolute Gasteiger partial charge is 0.438 e. The van der Waals surface area contributed by atoms with Crippen molar-refractivity contribution in [3.63, 3.8) is 0 Å².